The highest BCUT2D eigenvalue weighted by Gasteiger charge is 2.46. The van der Waals surface area contributed by atoms with Crippen molar-refractivity contribution in [3.8, 4) is 56.4 Å². The maximum absolute atomic E-state index is 5.03. The quantitative estimate of drug-likeness (QED) is 0.209. The molecule has 9 rings (SSSR count). The first-order chi connectivity index (χ1) is 22.0. The van der Waals surface area contributed by atoms with Crippen molar-refractivity contribution < 1.29 is 0 Å². The third-order valence-corrected chi connectivity index (χ3v) is 10.7. The van der Waals surface area contributed by atoms with Crippen molar-refractivity contribution in [2.75, 3.05) is 0 Å². The molecule has 3 nitrogen and oxygen atoms in total. The van der Waals surface area contributed by atoms with E-state index in [4.69, 9.17) is 15.0 Å². The lowest BCUT2D eigenvalue weighted by molar-refractivity contribution is 0.353. The summed E-state index contributed by atoms with van der Waals surface area (Å²) in [5.41, 5.74) is 14.5. The Kier molecular flexibility index (Phi) is 5.78. The largest absolute Gasteiger partial charge is 0.208 e. The van der Waals surface area contributed by atoms with E-state index in [0.29, 0.717) is 17.5 Å². The van der Waals surface area contributed by atoms with Gasteiger partial charge in [0.05, 0.1) is 0 Å². The molecule has 0 radical (unpaired) electrons. The van der Waals surface area contributed by atoms with Gasteiger partial charge in [0.1, 0.15) is 0 Å². The third kappa shape index (κ3) is 3.93. The number of aromatic nitrogens is 3. The number of fused-ring (bicyclic) bond motifs is 8. The lowest BCUT2D eigenvalue weighted by atomic mass is 9.67. The summed E-state index contributed by atoms with van der Waals surface area (Å²) in [6.45, 7) is 4.76. The van der Waals surface area contributed by atoms with Crippen LogP contribution < -0.4 is 0 Å². The van der Waals surface area contributed by atoms with E-state index < -0.39 is 0 Å². The summed E-state index contributed by atoms with van der Waals surface area (Å²) < 4.78 is 0. The molecule has 3 heteroatoms. The van der Waals surface area contributed by atoms with Gasteiger partial charge in [-0.05, 0) is 75.5 Å². The molecule has 0 atom stereocenters. The number of hydrogen-bond donors (Lipinski definition) is 0. The zero-order valence-electron chi connectivity index (χ0n) is 25.8. The van der Waals surface area contributed by atoms with Crippen molar-refractivity contribution in [3.05, 3.63) is 138 Å². The molecule has 0 aliphatic heterocycles. The van der Waals surface area contributed by atoms with Crippen molar-refractivity contribution in [3.63, 3.8) is 0 Å². The molecule has 0 amide bonds. The molecule has 0 saturated heterocycles. The molecular formula is C42H35N3. The monoisotopic (exact) mass is 581 g/mol. The van der Waals surface area contributed by atoms with Crippen LogP contribution in [0.3, 0.4) is 0 Å². The Morgan fingerprint density at radius 3 is 1.60 bits per heavy atom. The molecule has 1 spiro atoms. The van der Waals surface area contributed by atoms with Crippen molar-refractivity contribution in [2.45, 2.75) is 56.8 Å². The van der Waals surface area contributed by atoms with Crippen molar-refractivity contribution >= 4 is 0 Å². The van der Waals surface area contributed by atoms with E-state index in [2.05, 4.69) is 92.7 Å². The highest BCUT2D eigenvalue weighted by Crippen LogP contribution is 2.59. The Morgan fingerprint density at radius 2 is 0.933 bits per heavy atom. The zero-order chi connectivity index (χ0) is 30.2. The molecule has 0 N–H and O–H groups in total. The molecule has 6 aromatic rings. The summed E-state index contributed by atoms with van der Waals surface area (Å²) in [7, 11) is 0. The fourth-order valence-electron chi connectivity index (χ4n) is 8.45. The topological polar surface area (TPSA) is 38.7 Å². The lowest BCUT2D eigenvalue weighted by Crippen LogP contribution is -2.28. The molecule has 1 fully saturated rings. The highest BCUT2D eigenvalue weighted by molar-refractivity contribution is 5.90. The second kappa shape index (κ2) is 9.81. The number of nitrogens with zero attached hydrogens (tertiary/aromatic N) is 3. The second-order valence-electron chi connectivity index (χ2n) is 13.6. The number of hydrogen-bond acceptors (Lipinski definition) is 3. The minimum Gasteiger partial charge on any atom is -0.208 e. The molecule has 218 valence electrons. The van der Waals surface area contributed by atoms with Crippen LogP contribution in [0, 0.1) is 0 Å². The van der Waals surface area contributed by atoms with Gasteiger partial charge in [0.15, 0.2) is 17.5 Å². The van der Waals surface area contributed by atoms with Gasteiger partial charge >= 0.3 is 0 Å². The van der Waals surface area contributed by atoms with Gasteiger partial charge in [0.25, 0.3) is 0 Å². The zero-order valence-corrected chi connectivity index (χ0v) is 25.8. The smallest absolute Gasteiger partial charge is 0.164 e. The van der Waals surface area contributed by atoms with E-state index in [-0.39, 0.29) is 10.8 Å². The Labute approximate surface area is 265 Å². The van der Waals surface area contributed by atoms with Gasteiger partial charge in [0.2, 0.25) is 0 Å². The average molecular weight is 582 g/mol. The van der Waals surface area contributed by atoms with Crippen molar-refractivity contribution in [1.29, 1.82) is 0 Å². The Morgan fingerprint density at radius 1 is 0.422 bits per heavy atom. The van der Waals surface area contributed by atoms with Crippen LogP contribution in [0.1, 0.15) is 68.2 Å². The normalized spacial score (nSPS) is 16.6. The van der Waals surface area contributed by atoms with E-state index >= 15 is 0 Å². The van der Waals surface area contributed by atoms with Crippen LogP contribution in [0.2, 0.25) is 0 Å². The Balaban J connectivity index is 1.20. The lowest BCUT2D eigenvalue weighted by Gasteiger charge is -2.36. The van der Waals surface area contributed by atoms with Gasteiger partial charge < -0.3 is 0 Å². The minimum absolute atomic E-state index is 0.148. The molecule has 0 unspecified atom stereocenters. The molecule has 3 aliphatic carbocycles. The van der Waals surface area contributed by atoms with Crippen LogP contribution in [0.5, 0.6) is 0 Å². The second-order valence-corrected chi connectivity index (χ2v) is 13.6. The van der Waals surface area contributed by atoms with Crippen molar-refractivity contribution in [1.82, 2.24) is 15.0 Å². The van der Waals surface area contributed by atoms with E-state index in [0.717, 1.165) is 16.7 Å². The summed E-state index contributed by atoms with van der Waals surface area (Å²) in [6, 6.07) is 41.6. The molecule has 1 heterocycles. The first-order valence-corrected chi connectivity index (χ1v) is 16.3. The molecule has 1 saturated carbocycles. The number of benzene rings is 5. The van der Waals surface area contributed by atoms with E-state index in [9.17, 15) is 0 Å². The predicted octanol–water partition coefficient (Wildman–Crippen LogP) is 10.4. The van der Waals surface area contributed by atoms with Gasteiger partial charge in [-0.1, -0.05) is 130 Å². The van der Waals surface area contributed by atoms with E-state index in [1.807, 2.05) is 36.4 Å². The van der Waals surface area contributed by atoms with Crippen LogP contribution in [-0.4, -0.2) is 15.0 Å². The summed E-state index contributed by atoms with van der Waals surface area (Å²) in [6.07, 6.45) is 6.45. The molecule has 3 aliphatic rings. The molecule has 0 bridgehead atoms. The minimum atomic E-state index is -0.148. The first-order valence-electron chi connectivity index (χ1n) is 16.3. The van der Waals surface area contributed by atoms with E-state index in [1.54, 1.807) is 11.1 Å². The van der Waals surface area contributed by atoms with Crippen LogP contribution in [-0.2, 0) is 10.8 Å². The predicted molar refractivity (Wildman–Crippen MR) is 183 cm³/mol. The summed E-state index contributed by atoms with van der Waals surface area (Å²) in [5.74, 6) is 2.08. The summed E-state index contributed by atoms with van der Waals surface area (Å²) in [4.78, 5) is 15.0. The van der Waals surface area contributed by atoms with Gasteiger partial charge in [-0.15, -0.1) is 0 Å². The van der Waals surface area contributed by atoms with Gasteiger partial charge in [-0.3, -0.25) is 0 Å². The fraction of sp³-hybridized carbons (Fsp3) is 0.214. The Bertz CT molecular complexity index is 2050. The highest BCUT2D eigenvalue weighted by atomic mass is 15.0. The summed E-state index contributed by atoms with van der Waals surface area (Å²) >= 11 is 0. The van der Waals surface area contributed by atoms with Gasteiger partial charge in [-0.25, -0.2) is 15.0 Å². The van der Waals surface area contributed by atoms with Crippen LogP contribution >= 0.6 is 0 Å². The maximum atomic E-state index is 5.03. The molecule has 5 aromatic carbocycles. The van der Waals surface area contributed by atoms with Gasteiger partial charge in [-0.2, -0.15) is 0 Å². The standard InChI is InChI=1S/C42H35N3/c1-41(2)35-24-29(40-44-38(27-14-6-3-7-15-27)43-39(45-40)28-16-8-4-9-17-28)20-21-31(35)32-26-37-33(25-36(32)41)30-18-10-11-19-34(30)42(37)22-12-5-13-23-42/h3-4,6-11,14-21,24-26H,5,12-13,22-23H2,1-2H3. The van der Waals surface area contributed by atoms with Crippen LogP contribution in [0.4, 0.5) is 0 Å². The van der Waals surface area contributed by atoms with Crippen LogP contribution in [0.25, 0.3) is 56.4 Å². The van der Waals surface area contributed by atoms with Crippen LogP contribution in [0.15, 0.2) is 115 Å². The Hall–Kier alpha value is -4.89. The molecule has 1 aromatic heterocycles. The fourth-order valence-corrected chi connectivity index (χ4v) is 8.45. The first kappa shape index (κ1) is 26.5. The maximum Gasteiger partial charge on any atom is 0.164 e. The van der Waals surface area contributed by atoms with E-state index in [1.165, 1.54) is 65.5 Å². The third-order valence-electron chi connectivity index (χ3n) is 10.7. The summed E-state index contributed by atoms with van der Waals surface area (Å²) in [5, 5.41) is 0. The molecule has 45 heavy (non-hydrogen) atoms. The molecular weight excluding hydrogens is 546 g/mol. The van der Waals surface area contributed by atoms with Crippen molar-refractivity contribution in [2.24, 2.45) is 0 Å². The SMILES string of the molecule is CC1(C)c2cc(-c3nc(-c4ccccc4)nc(-c4ccccc4)n3)ccc2-c2cc3c(cc21)-c1ccccc1C31CCCCC1. The average Bonchev–Trinajstić information content (AvgIpc) is 3.49. The van der Waals surface area contributed by atoms with Gasteiger partial charge in [0, 0.05) is 27.5 Å². The number of rotatable bonds is 3.